The molecule has 0 spiro atoms. The van der Waals surface area contributed by atoms with E-state index < -0.39 is 5.60 Å². The quantitative estimate of drug-likeness (QED) is 0.674. The van der Waals surface area contributed by atoms with Gasteiger partial charge in [-0.05, 0) is 58.5 Å². The van der Waals surface area contributed by atoms with E-state index in [2.05, 4.69) is 19.2 Å². The average molecular weight is 299 g/mol. The molecule has 0 aromatic heterocycles. The van der Waals surface area contributed by atoms with Crippen LogP contribution in [0.5, 0.6) is 0 Å². The van der Waals surface area contributed by atoms with Crippen molar-refractivity contribution in [1.29, 1.82) is 0 Å². The molecule has 1 amide bonds. The fraction of sp³-hybridized carbons (Fsp3) is 0.938. The van der Waals surface area contributed by atoms with Crippen molar-refractivity contribution in [2.24, 2.45) is 17.6 Å². The Morgan fingerprint density at radius 3 is 2.43 bits per heavy atom. The van der Waals surface area contributed by atoms with Gasteiger partial charge in [0.1, 0.15) is 5.60 Å². The topological polar surface area (TPSA) is 67.6 Å². The van der Waals surface area contributed by atoms with Crippen LogP contribution in [0, 0.1) is 11.8 Å². The molecule has 0 aliphatic heterocycles. The van der Waals surface area contributed by atoms with Crippen molar-refractivity contribution in [3.63, 3.8) is 0 Å². The Kier molecular flexibility index (Phi) is 6.94. The number of hydrogen-bond donors (Lipinski definition) is 2. The van der Waals surface area contributed by atoms with E-state index in [1.54, 1.807) is 0 Å². The molecule has 1 atom stereocenters. The summed E-state index contributed by atoms with van der Waals surface area (Å²) < 4.78 is 5.48. The van der Waals surface area contributed by atoms with Crippen LogP contribution in [-0.4, -0.2) is 48.8 Å². The number of amides is 1. The number of carbonyl (C=O) groups excluding carboxylic acids is 1. The largest absolute Gasteiger partial charge is 0.444 e. The fourth-order valence-electron chi connectivity index (χ4n) is 2.21. The summed E-state index contributed by atoms with van der Waals surface area (Å²) in [4.78, 5) is 14.1. The number of nitrogens with one attached hydrogen (secondary N) is 1. The molecule has 0 saturated heterocycles. The third-order valence-corrected chi connectivity index (χ3v) is 3.80. The van der Waals surface area contributed by atoms with Crippen molar-refractivity contribution in [1.82, 2.24) is 10.2 Å². The monoisotopic (exact) mass is 299 g/mol. The van der Waals surface area contributed by atoms with Crippen LogP contribution in [0.3, 0.4) is 0 Å². The highest BCUT2D eigenvalue weighted by molar-refractivity contribution is 5.69. The normalized spacial score (nSPS) is 16.9. The molecule has 1 aliphatic carbocycles. The second-order valence-electron chi connectivity index (χ2n) is 7.35. The number of ether oxygens (including phenoxy) is 1. The Hall–Kier alpha value is -0.810. The second kappa shape index (κ2) is 7.99. The first-order chi connectivity index (χ1) is 9.74. The molecule has 1 fully saturated rings. The van der Waals surface area contributed by atoms with Gasteiger partial charge in [0, 0.05) is 19.1 Å². The van der Waals surface area contributed by atoms with Gasteiger partial charge in [0.15, 0.2) is 0 Å². The first-order valence-electron chi connectivity index (χ1n) is 8.15. The lowest BCUT2D eigenvalue weighted by atomic mass is 9.96. The smallest absolute Gasteiger partial charge is 0.410 e. The highest BCUT2D eigenvalue weighted by Crippen LogP contribution is 2.28. The SMILES string of the molecule is CC(C)C(CN)CNCCN(C(=O)OC(C)(C)C)C1CC1. The van der Waals surface area contributed by atoms with E-state index in [1.165, 1.54) is 0 Å². The number of rotatable bonds is 8. The number of nitrogens with two attached hydrogens (primary N) is 1. The summed E-state index contributed by atoms with van der Waals surface area (Å²) >= 11 is 0. The van der Waals surface area contributed by atoms with Gasteiger partial charge in [-0.2, -0.15) is 0 Å². The minimum Gasteiger partial charge on any atom is -0.444 e. The van der Waals surface area contributed by atoms with Crippen molar-refractivity contribution in [2.75, 3.05) is 26.2 Å². The molecule has 0 aromatic rings. The predicted octanol–water partition coefficient (Wildman–Crippen LogP) is 2.21. The third kappa shape index (κ3) is 7.14. The lowest BCUT2D eigenvalue weighted by Gasteiger charge is -2.28. The van der Waals surface area contributed by atoms with E-state index in [-0.39, 0.29) is 6.09 Å². The molecular formula is C16H33N3O2. The van der Waals surface area contributed by atoms with Crippen molar-refractivity contribution in [3.8, 4) is 0 Å². The lowest BCUT2D eigenvalue weighted by molar-refractivity contribution is 0.0235. The molecule has 0 radical (unpaired) electrons. The van der Waals surface area contributed by atoms with Gasteiger partial charge in [0.05, 0.1) is 0 Å². The van der Waals surface area contributed by atoms with Gasteiger partial charge in [-0.3, -0.25) is 0 Å². The maximum atomic E-state index is 12.2. The second-order valence-corrected chi connectivity index (χ2v) is 7.35. The molecule has 5 nitrogen and oxygen atoms in total. The number of carbonyl (C=O) groups is 1. The van der Waals surface area contributed by atoms with Gasteiger partial charge in [0.2, 0.25) is 0 Å². The maximum Gasteiger partial charge on any atom is 0.410 e. The first-order valence-corrected chi connectivity index (χ1v) is 8.15. The summed E-state index contributed by atoms with van der Waals surface area (Å²) in [6, 6.07) is 0.372. The van der Waals surface area contributed by atoms with E-state index in [4.69, 9.17) is 10.5 Å². The zero-order valence-electron chi connectivity index (χ0n) is 14.3. The van der Waals surface area contributed by atoms with E-state index in [1.807, 2.05) is 25.7 Å². The molecule has 3 N–H and O–H groups in total. The molecule has 0 heterocycles. The average Bonchev–Trinajstić information content (AvgIpc) is 3.15. The summed E-state index contributed by atoms with van der Waals surface area (Å²) in [5.41, 5.74) is 5.34. The van der Waals surface area contributed by atoms with Crippen molar-refractivity contribution in [3.05, 3.63) is 0 Å². The molecule has 1 unspecified atom stereocenters. The molecule has 0 aromatic carbocycles. The third-order valence-electron chi connectivity index (χ3n) is 3.80. The summed E-state index contributed by atoms with van der Waals surface area (Å²) in [7, 11) is 0. The maximum absolute atomic E-state index is 12.2. The first kappa shape index (κ1) is 18.2. The molecule has 21 heavy (non-hydrogen) atoms. The van der Waals surface area contributed by atoms with Crippen LogP contribution in [0.25, 0.3) is 0 Å². The molecule has 0 bridgehead atoms. The van der Waals surface area contributed by atoms with Crippen LogP contribution >= 0.6 is 0 Å². The van der Waals surface area contributed by atoms with Gasteiger partial charge in [-0.25, -0.2) is 4.79 Å². The van der Waals surface area contributed by atoms with Crippen LogP contribution in [0.1, 0.15) is 47.5 Å². The molecule has 5 heteroatoms. The minimum absolute atomic E-state index is 0.189. The molecule has 1 rings (SSSR count). The van der Waals surface area contributed by atoms with E-state index >= 15 is 0 Å². The van der Waals surface area contributed by atoms with Crippen LogP contribution in [0.4, 0.5) is 4.79 Å². The highest BCUT2D eigenvalue weighted by atomic mass is 16.6. The predicted molar refractivity (Wildman–Crippen MR) is 86.2 cm³/mol. The molecule has 124 valence electrons. The van der Waals surface area contributed by atoms with Gasteiger partial charge in [-0.15, -0.1) is 0 Å². The Labute approximate surface area is 129 Å². The fourth-order valence-corrected chi connectivity index (χ4v) is 2.21. The molecule has 1 aliphatic rings. The van der Waals surface area contributed by atoms with Gasteiger partial charge in [-0.1, -0.05) is 13.8 Å². The van der Waals surface area contributed by atoms with E-state index in [9.17, 15) is 4.79 Å². The lowest BCUT2D eigenvalue weighted by Crippen LogP contribution is -2.43. The number of hydrogen-bond acceptors (Lipinski definition) is 4. The summed E-state index contributed by atoms with van der Waals surface area (Å²) in [5, 5.41) is 3.42. The van der Waals surface area contributed by atoms with Gasteiger partial charge >= 0.3 is 6.09 Å². The molecular weight excluding hydrogens is 266 g/mol. The van der Waals surface area contributed by atoms with Gasteiger partial charge < -0.3 is 20.7 Å². The van der Waals surface area contributed by atoms with Crippen LogP contribution in [0.15, 0.2) is 0 Å². The molecule has 1 saturated carbocycles. The Balaban J connectivity index is 2.34. The van der Waals surface area contributed by atoms with E-state index in [0.29, 0.717) is 31.0 Å². The van der Waals surface area contributed by atoms with Crippen LogP contribution in [0.2, 0.25) is 0 Å². The zero-order valence-corrected chi connectivity index (χ0v) is 14.3. The highest BCUT2D eigenvalue weighted by Gasteiger charge is 2.34. The Bertz CT molecular complexity index is 322. The standard InChI is InChI=1S/C16H33N3O2/c1-12(2)13(10-17)11-18-8-9-19(14-6-7-14)15(20)21-16(3,4)5/h12-14,18H,6-11,17H2,1-5H3. The minimum atomic E-state index is -0.431. The van der Waals surface area contributed by atoms with Crippen molar-refractivity contribution < 1.29 is 9.53 Å². The number of nitrogens with zero attached hydrogens (tertiary/aromatic N) is 1. The Morgan fingerprint density at radius 1 is 1.38 bits per heavy atom. The van der Waals surface area contributed by atoms with Crippen LogP contribution < -0.4 is 11.1 Å². The van der Waals surface area contributed by atoms with Crippen LogP contribution in [-0.2, 0) is 4.74 Å². The van der Waals surface area contributed by atoms with Crippen molar-refractivity contribution >= 4 is 6.09 Å². The van der Waals surface area contributed by atoms with Gasteiger partial charge in [0.25, 0.3) is 0 Å². The Morgan fingerprint density at radius 2 is 2.00 bits per heavy atom. The zero-order chi connectivity index (χ0) is 16.0. The van der Waals surface area contributed by atoms with E-state index in [0.717, 1.165) is 25.9 Å². The van der Waals surface area contributed by atoms with Crippen molar-refractivity contribution in [2.45, 2.75) is 59.1 Å². The summed E-state index contributed by atoms with van der Waals surface area (Å²) in [5.74, 6) is 1.06. The summed E-state index contributed by atoms with van der Waals surface area (Å²) in [6.45, 7) is 13.2. The summed E-state index contributed by atoms with van der Waals surface area (Å²) in [6.07, 6.45) is 2.00.